The number of aryl methyl sites for hydroxylation is 1. The molecule has 1 aromatic heterocycles. The Balaban J connectivity index is 1.44. The number of fused-ring (bicyclic) bond motifs is 1. The summed E-state index contributed by atoms with van der Waals surface area (Å²) in [6.45, 7) is 5.57. The highest BCUT2D eigenvalue weighted by atomic mass is 19.1. The monoisotopic (exact) mass is 421 g/mol. The third-order valence-corrected chi connectivity index (χ3v) is 6.00. The van der Waals surface area contributed by atoms with Crippen molar-refractivity contribution in [3.63, 3.8) is 0 Å². The molecule has 2 unspecified atom stereocenters. The van der Waals surface area contributed by atoms with E-state index < -0.39 is 0 Å². The first kappa shape index (κ1) is 20.2. The van der Waals surface area contributed by atoms with Crippen molar-refractivity contribution in [2.45, 2.75) is 58.3 Å². The second kappa shape index (κ2) is 8.42. The summed E-state index contributed by atoms with van der Waals surface area (Å²) in [6, 6.07) is 11.2. The summed E-state index contributed by atoms with van der Waals surface area (Å²) < 4.78 is 28.3. The standard InChI is InChI=1S/C25H28FN3O2/c1-3-6-17-11-18(13-19(26)12-17)16(2)31-20-8-9-23-21(14-20)25(22-15-27-22)28-29(23)24-7-4-5-10-30-24/h8-9,11-14,16,24H,3-7,10,15H2,1-2H3. The Kier molecular flexibility index (Phi) is 5.48. The maximum absolute atomic E-state index is 14.1. The van der Waals surface area contributed by atoms with Gasteiger partial charge in [-0.15, -0.1) is 0 Å². The van der Waals surface area contributed by atoms with Crippen molar-refractivity contribution in [2.24, 2.45) is 4.99 Å². The quantitative estimate of drug-likeness (QED) is 0.487. The van der Waals surface area contributed by atoms with Crippen molar-refractivity contribution >= 4 is 16.6 Å². The molecule has 0 N–H and O–H groups in total. The molecule has 0 amide bonds. The first-order chi connectivity index (χ1) is 15.1. The predicted molar refractivity (Wildman–Crippen MR) is 119 cm³/mol. The highest BCUT2D eigenvalue weighted by Crippen LogP contribution is 2.33. The van der Waals surface area contributed by atoms with E-state index in [1.54, 1.807) is 12.1 Å². The zero-order chi connectivity index (χ0) is 21.4. The molecule has 0 saturated carbocycles. The van der Waals surface area contributed by atoms with Crippen LogP contribution in [0.25, 0.3) is 10.9 Å². The van der Waals surface area contributed by atoms with Gasteiger partial charge in [-0.1, -0.05) is 19.4 Å². The van der Waals surface area contributed by atoms with E-state index in [2.05, 4.69) is 11.9 Å². The highest BCUT2D eigenvalue weighted by molar-refractivity contribution is 6.16. The zero-order valence-electron chi connectivity index (χ0n) is 18.1. The molecular weight excluding hydrogens is 393 g/mol. The molecule has 5 rings (SSSR count). The molecule has 2 atom stereocenters. The largest absolute Gasteiger partial charge is 0.486 e. The van der Waals surface area contributed by atoms with Crippen molar-refractivity contribution in [2.75, 3.05) is 13.2 Å². The van der Waals surface area contributed by atoms with Crippen molar-refractivity contribution in [1.82, 2.24) is 9.78 Å². The number of rotatable bonds is 7. The van der Waals surface area contributed by atoms with E-state index in [1.165, 1.54) is 0 Å². The number of benzene rings is 2. The van der Waals surface area contributed by atoms with E-state index >= 15 is 0 Å². The third-order valence-electron chi connectivity index (χ3n) is 6.00. The van der Waals surface area contributed by atoms with Crippen LogP contribution in [0.3, 0.4) is 0 Å². The fourth-order valence-electron chi connectivity index (χ4n) is 4.35. The van der Waals surface area contributed by atoms with Gasteiger partial charge >= 0.3 is 0 Å². The van der Waals surface area contributed by atoms with E-state index in [1.807, 2.05) is 35.9 Å². The molecule has 2 aromatic carbocycles. The van der Waals surface area contributed by atoms with Crippen LogP contribution in [0.5, 0.6) is 5.75 Å². The lowest BCUT2D eigenvalue weighted by Crippen LogP contribution is -2.19. The van der Waals surface area contributed by atoms with Gasteiger partial charge in [0.2, 0.25) is 0 Å². The third kappa shape index (κ3) is 4.22. The van der Waals surface area contributed by atoms with Crippen LogP contribution in [0.15, 0.2) is 41.4 Å². The predicted octanol–water partition coefficient (Wildman–Crippen LogP) is 5.77. The van der Waals surface area contributed by atoms with Gasteiger partial charge in [0.05, 0.1) is 17.8 Å². The van der Waals surface area contributed by atoms with Gasteiger partial charge in [0.15, 0.2) is 6.23 Å². The Morgan fingerprint density at radius 1 is 1.23 bits per heavy atom. The van der Waals surface area contributed by atoms with Crippen molar-refractivity contribution in [1.29, 1.82) is 0 Å². The molecule has 162 valence electrons. The average molecular weight is 422 g/mol. The lowest BCUT2D eigenvalue weighted by molar-refractivity contribution is -0.0367. The smallest absolute Gasteiger partial charge is 0.150 e. The molecule has 1 fully saturated rings. The van der Waals surface area contributed by atoms with Gasteiger partial charge in [0.25, 0.3) is 0 Å². The number of ether oxygens (including phenoxy) is 2. The van der Waals surface area contributed by atoms with Crippen molar-refractivity contribution in [3.05, 3.63) is 59.0 Å². The Morgan fingerprint density at radius 2 is 2.10 bits per heavy atom. The van der Waals surface area contributed by atoms with E-state index in [4.69, 9.17) is 14.6 Å². The number of hydrogen-bond donors (Lipinski definition) is 0. The lowest BCUT2D eigenvalue weighted by Gasteiger charge is -2.23. The van der Waals surface area contributed by atoms with Gasteiger partial charge in [0.1, 0.15) is 23.4 Å². The highest BCUT2D eigenvalue weighted by Gasteiger charge is 2.26. The second-order valence-electron chi connectivity index (χ2n) is 8.46. The topological polar surface area (TPSA) is 48.6 Å². The first-order valence-corrected chi connectivity index (χ1v) is 11.3. The molecule has 2 aliphatic rings. The normalized spacial score (nSPS) is 19.3. The van der Waals surface area contributed by atoms with Crippen molar-refractivity contribution < 1.29 is 13.9 Å². The van der Waals surface area contributed by atoms with Crippen LogP contribution in [-0.2, 0) is 11.2 Å². The summed E-state index contributed by atoms with van der Waals surface area (Å²) in [4.78, 5) is 4.37. The van der Waals surface area contributed by atoms with Gasteiger partial charge in [-0.3, -0.25) is 4.99 Å². The minimum Gasteiger partial charge on any atom is -0.486 e. The number of aromatic nitrogens is 2. The first-order valence-electron chi connectivity index (χ1n) is 11.3. The van der Waals surface area contributed by atoms with Gasteiger partial charge in [-0.05, 0) is 74.1 Å². The summed E-state index contributed by atoms with van der Waals surface area (Å²) in [7, 11) is 0. The molecule has 0 radical (unpaired) electrons. The summed E-state index contributed by atoms with van der Waals surface area (Å²) in [6.07, 6.45) is 4.77. The maximum atomic E-state index is 14.1. The summed E-state index contributed by atoms with van der Waals surface area (Å²) in [5.74, 6) is 0.530. The molecule has 6 heteroatoms. The van der Waals surface area contributed by atoms with E-state index in [0.717, 1.165) is 84.4 Å². The van der Waals surface area contributed by atoms with Gasteiger partial charge < -0.3 is 9.47 Å². The van der Waals surface area contributed by atoms with E-state index in [0.29, 0.717) is 0 Å². The Morgan fingerprint density at radius 3 is 2.84 bits per heavy atom. The Bertz CT molecular complexity index is 1130. The Hall–Kier alpha value is -2.73. The molecule has 1 saturated heterocycles. The SMILES string of the molecule is CCCc1cc(F)cc(C(C)Oc2ccc3c(c2)c(C2=NC2)nn3C2CCCCO2)c1. The van der Waals surface area contributed by atoms with Crippen LogP contribution < -0.4 is 4.74 Å². The average Bonchev–Trinajstić information content (AvgIpc) is 3.55. The van der Waals surface area contributed by atoms with Crippen LogP contribution in [0.2, 0.25) is 0 Å². The van der Waals surface area contributed by atoms with Crippen LogP contribution in [0, 0.1) is 5.82 Å². The molecule has 0 bridgehead atoms. The summed E-state index contributed by atoms with van der Waals surface area (Å²) in [5, 5.41) is 5.88. The van der Waals surface area contributed by atoms with Crippen LogP contribution in [-0.4, -0.2) is 28.6 Å². The fourth-order valence-corrected chi connectivity index (χ4v) is 4.35. The number of nitrogens with zero attached hydrogens (tertiary/aromatic N) is 3. The van der Waals surface area contributed by atoms with E-state index in [9.17, 15) is 4.39 Å². The summed E-state index contributed by atoms with van der Waals surface area (Å²) in [5.41, 5.74) is 4.83. The Labute approximate surface area is 181 Å². The van der Waals surface area contributed by atoms with Crippen LogP contribution in [0.4, 0.5) is 4.39 Å². The number of hydrogen-bond acceptors (Lipinski definition) is 4. The van der Waals surface area contributed by atoms with E-state index in [-0.39, 0.29) is 18.1 Å². The number of aliphatic imine (C=N–C) groups is 1. The van der Waals surface area contributed by atoms with Gasteiger partial charge in [0, 0.05) is 12.0 Å². The van der Waals surface area contributed by atoms with Gasteiger partial charge in [-0.25, -0.2) is 9.07 Å². The molecule has 3 aromatic rings. The maximum Gasteiger partial charge on any atom is 0.150 e. The van der Waals surface area contributed by atoms with Gasteiger partial charge in [-0.2, -0.15) is 5.10 Å². The molecule has 5 nitrogen and oxygen atoms in total. The molecule has 3 heterocycles. The minimum absolute atomic E-state index is 0.0284. The molecular formula is C25H28FN3O2. The lowest BCUT2D eigenvalue weighted by atomic mass is 10.0. The molecule has 0 spiro atoms. The molecule has 31 heavy (non-hydrogen) atoms. The zero-order valence-corrected chi connectivity index (χ0v) is 18.1. The minimum atomic E-state index is -0.262. The van der Waals surface area contributed by atoms with Crippen LogP contribution >= 0.6 is 0 Å². The second-order valence-corrected chi connectivity index (χ2v) is 8.46. The molecule has 2 aliphatic heterocycles. The number of halogens is 1. The molecule has 0 aliphatic carbocycles. The summed E-state index contributed by atoms with van der Waals surface area (Å²) >= 11 is 0. The van der Waals surface area contributed by atoms with Crippen molar-refractivity contribution in [3.8, 4) is 5.75 Å². The fraction of sp³-hybridized carbons (Fsp3) is 0.440. The van der Waals surface area contributed by atoms with Crippen LogP contribution in [0.1, 0.15) is 68.7 Å².